The fraction of sp³-hybridized carbons (Fsp3) is 0.0909. The fourth-order valence-electron chi connectivity index (χ4n) is 2.41. The van der Waals surface area contributed by atoms with Gasteiger partial charge in [0.05, 0.1) is 12.6 Å². The number of amides is 1. The molecule has 0 bridgehead atoms. The first-order valence-electron chi connectivity index (χ1n) is 8.40. The summed E-state index contributed by atoms with van der Waals surface area (Å²) >= 11 is 0. The van der Waals surface area contributed by atoms with Crippen LogP contribution in [0.25, 0.3) is 0 Å². The van der Waals surface area contributed by atoms with Crippen LogP contribution in [0.4, 0.5) is 0 Å². The molecule has 0 saturated carbocycles. The topological polar surface area (TPSA) is 50.7 Å². The van der Waals surface area contributed by atoms with Crippen LogP contribution < -0.4 is 10.2 Å². The largest absolute Gasteiger partial charge is 0.457 e. The van der Waals surface area contributed by atoms with Crippen molar-refractivity contribution in [1.82, 2.24) is 5.43 Å². The van der Waals surface area contributed by atoms with E-state index in [0.717, 1.165) is 16.9 Å². The molecule has 0 spiro atoms. The van der Waals surface area contributed by atoms with E-state index in [1.165, 1.54) is 5.56 Å². The summed E-state index contributed by atoms with van der Waals surface area (Å²) in [5.74, 6) is 1.27. The number of para-hydroxylation sites is 1. The lowest BCUT2D eigenvalue weighted by Gasteiger charge is -2.08. The fourth-order valence-corrected chi connectivity index (χ4v) is 2.41. The highest BCUT2D eigenvalue weighted by molar-refractivity contribution is 5.85. The highest BCUT2D eigenvalue weighted by Gasteiger charge is 2.04. The van der Waals surface area contributed by atoms with Gasteiger partial charge in [-0.15, -0.1) is 0 Å². The highest BCUT2D eigenvalue weighted by atomic mass is 16.5. The number of nitrogens with one attached hydrogen (secondary N) is 1. The van der Waals surface area contributed by atoms with Gasteiger partial charge < -0.3 is 4.74 Å². The summed E-state index contributed by atoms with van der Waals surface area (Å²) in [5, 5.41) is 4.05. The van der Waals surface area contributed by atoms with Crippen molar-refractivity contribution in [3.8, 4) is 11.5 Å². The molecule has 0 aromatic heterocycles. The van der Waals surface area contributed by atoms with Crippen LogP contribution in [0.1, 0.15) is 16.7 Å². The van der Waals surface area contributed by atoms with E-state index in [9.17, 15) is 4.79 Å². The molecule has 0 saturated heterocycles. The lowest BCUT2D eigenvalue weighted by molar-refractivity contribution is -0.120. The van der Waals surface area contributed by atoms with E-state index >= 15 is 0 Å². The van der Waals surface area contributed by atoms with Crippen molar-refractivity contribution in [3.05, 3.63) is 95.6 Å². The number of hydrazone groups is 1. The molecule has 3 rings (SSSR count). The minimum absolute atomic E-state index is 0.163. The number of nitrogens with zero attached hydrogens (tertiary/aromatic N) is 1. The molecule has 130 valence electrons. The van der Waals surface area contributed by atoms with Crippen LogP contribution in [0, 0.1) is 6.92 Å². The quantitative estimate of drug-likeness (QED) is 0.529. The number of ether oxygens (including phenoxy) is 1. The third-order valence-corrected chi connectivity index (χ3v) is 3.77. The van der Waals surface area contributed by atoms with Gasteiger partial charge in [-0.25, -0.2) is 5.43 Å². The zero-order valence-electron chi connectivity index (χ0n) is 14.6. The van der Waals surface area contributed by atoms with Gasteiger partial charge in [0.15, 0.2) is 0 Å². The molecule has 0 radical (unpaired) electrons. The van der Waals surface area contributed by atoms with Crippen molar-refractivity contribution in [1.29, 1.82) is 0 Å². The monoisotopic (exact) mass is 344 g/mol. The maximum Gasteiger partial charge on any atom is 0.244 e. The Morgan fingerprint density at radius 1 is 0.962 bits per heavy atom. The van der Waals surface area contributed by atoms with Crippen LogP contribution in [-0.4, -0.2) is 12.1 Å². The number of carbonyl (C=O) groups excluding carboxylic acids is 1. The molecule has 1 amide bonds. The minimum Gasteiger partial charge on any atom is -0.457 e. The Balaban J connectivity index is 1.63. The number of carbonyl (C=O) groups is 1. The van der Waals surface area contributed by atoms with Gasteiger partial charge in [0.2, 0.25) is 5.91 Å². The van der Waals surface area contributed by atoms with Gasteiger partial charge in [-0.2, -0.15) is 5.10 Å². The molecule has 0 fully saturated rings. The average molecular weight is 344 g/mol. The van der Waals surface area contributed by atoms with Gasteiger partial charge in [0.25, 0.3) is 0 Å². The second-order valence-electron chi connectivity index (χ2n) is 5.91. The molecule has 3 aromatic rings. The number of benzene rings is 3. The van der Waals surface area contributed by atoms with Crippen molar-refractivity contribution < 1.29 is 9.53 Å². The molecule has 0 aliphatic carbocycles. The van der Waals surface area contributed by atoms with Crippen molar-refractivity contribution in [3.63, 3.8) is 0 Å². The van der Waals surface area contributed by atoms with Crippen molar-refractivity contribution >= 4 is 12.1 Å². The van der Waals surface area contributed by atoms with Gasteiger partial charge in [0, 0.05) is 5.56 Å². The summed E-state index contributed by atoms with van der Waals surface area (Å²) in [6.07, 6.45) is 1.88. The molecule has 26 heavy (non-hydrogen) atoms. The Bertz CT molecular complexity index is 888. The summed E-state index contributed by atoms with van der Waals surface area (Å²) in [5.41, 5.74) is 5.46. The SMILES string of the molecule is Cc1ccc(Oc2ccccc2/C=N/NC(=O)Cc2ccccc2)cc1. The first-order valence-corrected chi connectivity index (χ1v) is 8.40. The first-order chi connectivity index (χ1) is 12.7. The number of hydrogen-bond acceptors (Lipinski definition) is 3. The summed E-state index contributed by atoms with van der Waals surface area (Å²) < 4.78 is 5.91. The van der Waals surface area contributed by atoms with E-state index in [-0.39, 0.29) is 5.91 Å². The van der Waals surface area contributed by atoms with Crippen LogP contribution >= 0.6 is 0 Å². The van der Waals surface area contributed by atoms with Crippen LogP contribution in [0.3, 0.4) is 0 Å². The second-order valence-corrected chi connectivity index (χ2v) is 5.91. The lowest BCUT2D eigenvalue weighted by atomic mass is 10.1. The van der Waals surface area contributed by atoms with Gasteiger partial charge in [-0.3, -0.25) is 4.79 Å². The molecule has 4 heteroatoms. The summed E-state index contributed by atoms with van der Waals surface area (Å²) in [6, 6.07) is 24.9. The molecule has 0 aliphatic rings. The second kappa shape index (κ2) is 8.62. The Morgan fingerprint density at radius 3 is 2.42 bits per heavy atom. The molecule has 0 unspecified atom stereocenters. The maximum absolute atomic E-state index is 12.0. The Hall–Kier alpha value is -3.40. The predicted octanol–water partition coefficient (Wildman–Crippen LogP) is 4.48. The van der Waals surface area contributed by atoms with E-state index in [0.29, 0.717) is 12.2 Å². The lowest BCUT2D eigenvalue weighted by Crippen LogP contribution is -2.19. The zero-order chi connectivity index (χ0) is 18.2. The third-order valence-electron chi connectivity index (χ3n) is 3.77. The van der Waals surface area contributed by atoms with E-state index < -0.39 is 0 Å². The van der Waals surface area contributed by atoms with Crippen molar-refractivity contribution in [2.24, 2.45) is 5.10 Å². The molecule has 0 heterocycles. The van der Waals surface area contributed by atoms with E-state index in [1.54, 1.807) is 6.21 Å². The van der Waals surface area contributed by atoms with Crippen LogP contribution in [0.15, 0.2) is 84.0 Å². The number of aryl methyl sites for hydroxylation is 1. The molecule has 1 N–H and O–H groups in total. The predicted molar refractivity (Wildman–Crippen MR) is 104 cm³/mol. The number of rotatable bonds is 6. The van der Waals surface area contributed by atoms with Gasteiger partial charge in [-0.1, -0.05) is 60.2 Å². The average Bonchev–Trinajstić information content (AvgIpc) is 2.66. The van der Waals surface area contributed by atoms with Gasteiger partial charge >= 0.3 is 0 Å². The number of hydrogen-bond donors (Lipinski definition) is 1. The summed E-state index contributed by atoms with van der Waals surface area (Å²) in [4.78, 5) is 12.0. The first kappa shape index (κ1) is 17.4. The van der Waals surface area contributed by atoms with E-state index in [2.05, 4.69) is 10.5 Å². The van der Waals surface area contributed by atoms with Gasteiger partial charge in [-0.05, 0) is 36.8 Å². The summed E-state index contributed by atoms with van der Waals surface area (Å²) in [7, 11) is 0. The Kier molecular flexibility index (Phi) is 5.78. The van der Waals surface area contributed by atoms with Crippen LogP contribution in [0.5, 0.6) is 11.5 Å². The molecule has 3 aromatic carbocycles. The zero-order valence-corrected chi connectivity index (χ0v) is 14.6. The van der Waals surface area contributed by atoms with E-state index in [4.69, 9.17) is 4.74 Å². The van der Waals surface area contributed by atoms with Crippen LogP contribution in [0.2, 0.25) is 0 Å². The highest BCUT2D eigenvalue weighted by Crippen LogP contribution is 2.24. The van der Waals surface area contributed by atoms with Crippen molar-refractivity contribution in [2.45, 2.75) is 13.3 Å². The molecular formula is C22H20N2O2. The normalized spacial score (nSPS) is 10.7. The minimum atomic E-state index is -0.163. The smallest absolute Gasteiger partial charge is 0.244 e. The summed E-state index contributed by atoms with van der Waals surface area (Å²) in [6.45, 7) is 2.03. The maximum atomic E-state index is 12.0. The van der Waals surface area contributed by atoms with Gasteiger partial charge in [0.1, 0.15) is 11.5 Å². The van der Waals surface area contributed by atoms with Crippen molar-refractivity contribution in [2.75, 3.05) is 0 Å². The van der Waals surface area contributed by atoms with Crippen LogP contribution in [-0.2, 0) is 11.2 Å². The molecule has 0 atom stereocenters. The standard InChI is InChI=1S/C22H20N2O2/c1-17-11-13-20(14-12-17)26-21-10-6-5-9-19(21)16-23-24-22(25)15-18-7-3-2-4-8-18/h2-14,16H,15H2,1H3,(H,24,25)/b23-16+. The molecule has 4 nitrogen and oxygen atoms in total. The Labute approximate surface area is 153 Å². The molecular weight excluding hydrogens is 324 g/mol. The molecule has 0 aliphatic heterocycles. The Morgan fingerprint density at radius 2 is 1.65 bits per heavy atom. The third kappa shape index (κ3) is 5.05. The van der Waals surface area contributed by atoms with E-state index in [1.807, 2.05) is 85.8 Å².